The van der Waals surface area contributed by atoms with E-state index in [1.165, 1.54) is 18.2 Å². The van der Waals surface area contributed by atoms with Crippen molar-refractivity contribution in [2.24, 2.45) is 0 Å². The first kappa shape index (κ1) is 17.4. The number of hydrogen-bond donors (Lipinski definition) is 1. The van der Waals surface area contributed by atoms with E-state index in [4.69, 9.17) is 0 Å². The van der Waals surface area contributed by atoms with Crippen molar-refractivity contribution in [1.82, 2.24) is 5.32 Å². The van der Waals surface area contributed by atoms with E-state index in [9.17, 15) is 22.0 Å². The second kappa shape index (κ2) is 6.66. The molecule has 23 heavy (non-hydrogen) atoms. The van der Waals surface area contributed by atoms with Crippen molar-refractivity contribution < 1.29 is 22.0 Å². The first-order valence-electron chi connectivity index (χ1n) is 7.06. The van der Waals surface area contributed by atoms with Crippen LogP contribution in [0.1, 0.15) is 42.6 Å². The largest absolute Gasteiger partial charge is 0.416 e. The Bertz CT molecular complexity index is 664. The molecule has 0 amide bonds. The molecule has 2 aromatic rings. The van der Waals surface area contributed by atoms with Gasteiger partial charge in [0.2, 0.25) is 0 Å². The van der Waals surface area contributed by atoms with Crippen LogP contribution in [0.4, 0.5) is 22.0 Å². The first-order chi connectivity index (χ1) is 10.7. The Kier molecular flexibility index (Phi) is 5.04. The highest BCUT2D eigenvalue weighted by molar-refractivity contribution is 5.27. The molecule has 0 aliphatic carbocycles. The maximum absolute atomic E-state index is 13.2. The van der Waals surface area contributed by atoms with Crippen molar-refractivity contribution in [2.45, 2.75) is 32.1 Å². The summed E-state index contributed by atoms with van der Waals surface area (Å²) in [5.41, 5.74) is 0.525. The smallest absolute Gasteiger partial charge is 0.304 e. The Balaban J connectivity index is 2.08. The molecule has 0 spiro atoms. The van der Waals surface area contributed by atoms with Gasteiger partial charge in [-0.2, -0.15) is 13.2 Å². The van der Waals surface area contributed by atoms with Crippen LogP contribution in [0.2, 0.25) is 0 Å². The molecule has 0 fully saturated rings. The predicted octanol–water partition coefficient (Wildman–Crippen LogP) is 5.40. The van der Waals surface area contributed by atoms with E-state index in [2.05, 4.69) is 5.32 Å². The Morgan fingerprint density at radius 3 is 1.83 bits per heavy atom. The zero-order valence-electron chi connectivity index (χ0n) is 12.6. The number of hydrogen-bond acceptors (Lipinski definition) is 1. The predicted molar refractivity (Wildman–Crippen MR) is 77.8 cm³/mol. The van der Waals surface area contributed by atoms with Crippen LogP contribution in [0.25, 0.3) is 0 Å². The van der Waals surface area contributed by atoms with Crippen LogP contribution in [0.5, 0.6) is 0 Å². The molecule has 0 saturated carbocycles. The van der Waals surface area contributed by atoms with E-state index in [1.807, 2.05) is 0 Å². The molecule has 1 nitrogen and oxygen atoms in total. The van der Waals surface area contributed by atoms with Gasteiger partial charge in [-0.05, 0) is 49.2 Å². The highest BCUT2D eigenvalue weighted by Gasteiger charge is 2.30. The third-order valence-electron chi connectivity index (χ3n) is 3.68. The van der Waals surface area contributed by atoms with Gasteiger partial charge in [-0.1, -0.05) is 18.2 Å². The quantitative estimate of drug-likeness (QED) is 0.741. The Morgan fingerprint density at radius 1 is 0.783 bits per heavy atom. The zero-order chi connectivity index (χ0) is 17.2. The van der Waals surface area contributed by atoms with Crippen molar-refractivity contribution in [3.63, 3.8) is 0 Å². The monoisotopic (exact) mass is 329 g/mol. The van der Waals surface area contributed by atoms with Crippen LogP contribution >= 0.6 is 0 Å². The van der Waals surface area contributed by atoms with Crippen molar-refractivity contribution in [1.29, 1.82) is 0 Å². The second-order valence-electron chi connectivity index (χ2n) is 5.40. The standard InChI is InChI=1S/C17H16F5N/c1-10(12-3-6-14(7-4-12)17(20,21)22)23-11(2)13-5-8-15(18)16(19)9-13/h3-11,23H,1-2H3. The summed E-state index contributed by atoms with van der Waals surface area (Å²) in [5.74, 6) is -1.85. The molecule has 2 aromatic carbocycles. The van der Waals surface area contributed by atoms with Gasteiger partial charge in [-0.15, -0.1) is 0 Å². The number of alkyl halides is 3. The average Bonchev–Trinajstić information content (AvgIpc) is 2.49. The molecular formula is C17H16F5N. The van der Waals surface area contributed by atoms with Gasteiger partial charge in [-0.25, -0.2) is 8.78 Å². The first-order valence-corrected chi connectivity index (χ1v) is 7.06. The molecule has 2 rings (SSSR count). The fraction of sp³-hybridized carbons (Fsp3) is 0.294. The molecule has 0 heterocycles. The van der Waals surface area contributed by atoms with Gasteiger partial charge in [0.1, 0.15) is 0 Å². The lowest BCUT2D eigenvalue weighted by Gasteiger charge is -2.21. The third-order valence-corrected chi connectivity index (χ3v) is 3.68. The third kappa shape index (κ3) is 4.28. The molecule has 124 valence electrons. The highest BCUT2D eigenvalue weighted by atomic mass is 19.4. The average molecular weight is 329 g/mol. The minimum Gasteiger partial charge on any atom is -0.304 e. The fourth-order valence-corrected chi connectivity index (χ4v) is 2.31. The molecule has 6 heteroatoms. The number of benzene rings is 2. The molecule has 0 bridgehead atoms. The topological polar surface area (TPSA) is 12.0 Å². The summed E-state index contributed by atoms with van der Waals surface area (Å²) >= 11 is 0. The molecule has 0 saturated heterocycles. The van der Waals surface area contributed by atoms with E-state index in [-0.39, 0.29) is 12.1 Å². The summed E-state index contributed by atoms with van der Waals surface area (Å²) in [7, 11) is 0. The SMILES string of the molecule is CC(NC(C)c1ccc(F)c(F)c1)c1ccc(C(F)(F)F)cc1. The summed E-state index contributed by atoms with van der Waals surface area (Å²) < 4.78 is 63.8. The van der Waals surface area contributed by atoms with E-state index in [1.54, 1.807) is 13.8 Å². The summed E-state index contributed by atoms with van der Waals surface area (Å²) in [5, 5.41) is 3.15. The maximum Gasteiger partial charge on any atom is 0.416 e. The van der Waals surface area contributed by atoms with E-state index >= 15 is 0 Å². The number of halogens is 5. The fourth-order valence-electron chi connectivity index (χ4n) is 2.31. The van der Waals surface area contributed by atoms with E-state index in [0.29, 0.717) is 11.1 Å². The van der Waals surface area contributed by atoms with E-state index in [0.717, 1.165) is 24.3 Å². The lowest BCUT2D eigenvalue weighted by Crippen LogP contribution is -2.22. The summed E-state index contributed by atoms with van der Waals surface area (Å²) in [4.78, 5) is 0. The Hall–Kier alpha value is -1.95. The maximum atomic E-state index is 13.2. The molecule has 0 aliphatic rings. The highest BCUT2D eigenvalue weighted by Crippen LogP contribution is 2.30. The van der Waals surface area contributed by atoms with Gasteiger partial charge >= 0.3 is 6.18 Å². The van der Waals surface area contributed by atoms with Crippen molar-refractivity contribution in [2.75, 3.05) is 0 Å². The number of nitrogens with one attached hydrogen (secondary N) is 1. The van der Waals surface area contributed by atoms with E-state index < -0.39 is 23.4 Å². The molecule has 0 radical (unpaired) electrons. The van der Waals surface area contributed by atoms with Gasteiger partial charge in [0, 0.05) is 12.1 Å². The lowest BCUT2D eigenvalue weighted by molar-refractivity contribution is -0.137. The Morgan fingerprint density at radius 2 is 1.30 bits per heavy atom. The Labute approximate surface area is 131 Å². The summed E-state index contributed by atoms with van der Waals surface area (Å²) in [6.07, 6.45) is -4.37. The van der Waals surface area contributed by atoms with Crippen molar-refractivity contribution in [3.05, 3.63) is 70.8 Å². The zero-order valence-corrected chi connectivity index (χ0v) is 12.6. The molecular weight excluding hydrogens is 313 g/mol. The van der Waals surface area contributed by atoms with Gasteiger partial charge in [0.25, 0.3) is 0 Å². The normalized spacial score (nSPS) is 14.6. The van der Waals surface area contributed by atoms with Crippen LogP contribution in [0.3, 0.4) is 0 Å². The van der Waals surface area contributed by atoms with Crippen molar-refractivity contribution >= 4 is 0 Å². The minimum atomic E-state index is -4.37. The van der Waals surface area contributed by atoms with Gasteiger partial charge in [-0.3, -0.25) is 0 Å². The van der Waals surface area contributed by atoms with Crippen LogP contribution in [0.15, 0.2) is 42.5 Å². The van der Waals surface area contributed by atoms with Crippen LogP contribution in [0, 0.1) is 11.6 Å². The molecule has 0 aliphatic heterocycles. The van der Waals surface area contributed by atoms with Crippen molar-refractivity contribution in [3.8, 4) is 0 Å². The molecule has 2 unspecified atom stereocenters. The number of rotatable bonds is 4. The minimum absolute atomic E-state index is 0.250. The summed E-state index contributed by atoms with van der Waals surface area (Å²) in [6, 6.07) is 7.93. The summed E-state index contributed by atoms with van der Waals surface area (Å²) in [6.45, 7) is 3.56. The molecule has 2 atom stereocenters. The van der Waals surface area contributed by atoms with Gasteiger partial charge in [0.05, 0.1) is 5.56 Å². The second-order valence-corrected chi connectivity index (χ2v) is 5.40. The van der Waals surface area contributed by atoms with Gasteiger partial charge < -0.3 is 5.32 Å². The van der Waals surface area contributed by atoms with Crippen LogP contribution in [-0.2, 0) is 6.18 Å². The van der Waals surface area contributed by atoms with Crippen LogP contribution in [-0.4, -0.2) is 0 Å². The molecule has 0 aromatic heterocycles. The lowest BCUT2D eigenvalue weighted by atomic mass is 10.0. The van der Waals surface area contributed by atoms with Gasteiger partial charge in [0.15, 0.2) is 11.6 Å². The van der Waals surface area contributed by atoms with Crippen LogP contribution < -0.4 is 5.32 Å². The molecule has 1 N–H and O–H groups in total.